The lowest BCUT2D eigenvalue weighted by Crippen LogP contribution is -2.25. The average Bonchev–Trinajstić information content (AvgIpc) is 3.01. The standard InChI is InChI=1S/C18H17ClN2O2S/c19-17-10-4-5-11-18(17)24(22,23)20-13-16-9-6-12-21(16)14-15-7-2-1-3-8-15/h1-12,20H,13-14H2. The minimum absolute atomic E-state index is 0.0906. The van der Waals surface area contributed by atoms with Crippen molar-refractivity contribution in [2.24, 2.45) is 0 Å². The third-order valence-electron chi connectivity index (χ3n) is 3.69. The molecule has 0 saturated heterocycles. The smallest absolute Gasteiger partial charge is 0.242 e. The van der Waals surface area contributed by atoms with Crippen molar-refractivity contribution in [3.63, 3.8) is 0 Å². The molecule has 3 rings (SSSR count). The summed E-state index contributed by atoms with van der Waals surface area (Å²) in [5.74, 6) is 0. The molecular formula is C18H17ClN2O2S. The molecular weight excluding hydrogens is 344 g/mol. The van der Waals surface area contributed by atoms with Crippen LogP contribution in [0.3, 0.4) is 0 Å². The predicted molar refractivity (Wildman–Crippen MR) is 95.5 cm³/mol. The second-order valence-electron chi connectivity index (χ2n) is 5.37. The molecule has 6 heteroatoms. The maximum absolute atomic E-state index is 12.4. The number of sulfonamides is 1. The van der Waals surface area contributed by atoms with E-state index in [0.29, 0.717) is 6.54 Å². The van der Waals surface area contributed by atoms with Gasteiger partial charge >= 0.3 is 0 Å². The molecule has 2 aromatic carbocycles. The summed E-state index contributed by atoms with van der Waals surface area (Å²) in [6.45, 7) is 0.893. The topological polar surface area (TPSA) is 51.1 Å². The number of hydrogen-bond acceptors (Lipinski definition) is 2. The Morgan fingerprint density at radius 1 is 0.917 bits per heavy atom. The van der Waals surface area contributed by atoms with Crippen LogP contribution in [0.25, 0.3) is 0 Å². The molecule has 0 aliphatic carbocycles. The van der Waals surface area contributed by atoms with Crippen LogP contribution in [-0.4, -0.2) is 13.0 Å². The van der Waals surface area contributed by atoms with Gasteiger partial charge in [-0.25, -0.2) is 13.1 Å². The first-order valence-electron chi connectivity index (χ1n) is 7.48. The summed E-state index contributed by atoms with van der Waals surface area (Å²) in [6, 6.07) is 20.2. The van der Waals surface area contributed by atoms with Gasteiger partial charge in [0.1, 0.15) is 4.90 Å². The lowest BCUT2D eigenvalue weighted by atomic mass is 10.2. The number of nitrogens with one attached hydrogen (secondary N) is 1. The molecule has 24 heavy (non-hydrogen) atoms. The fourth-order valence-electron chi connectivity index (χ4n) is 2.45. The highest BCUT2D eigenvalue weighted by atomic mass is 35.5. The van der Waals surface area contributed by atoms with Crippen LogP contribution in [0.4, 0.5) is 0 Å². The average molecular weight is 361 g/mol. The molecule has 0 atom stereocenters. The van der Waals surface area contributed by atoms with Gasteiger partial charge in [-0.1, -0.05) is 54.1 Å². The zero-order valence-corrected chi connectivity index (χ0v) is 14.5. The Kier molecular flexibility index (Phi) is 5.04. The highest BCUT2D eigenvalue weighted by Crippen LogP contribution is 2.20. The maximum Gasteiger partial charge on any atom is 0.242 e. The molecule has 0 spiro atoms. The fourth-order valence-corrected chi connectivity index (χ4v) is 3.97. The van der Waals surface area contributed by atoms with E-state index in [1.807, 2.05) is 53.2 Å². The van der Waals surface area contributed by atoms with Gasteiger partial charge in [-0.2, -0.15) is 0 Å². The van der Waals surface area contributed by atoms with E-state index in [0.717, 1.165) is 11.3 Å². The van der Waals surface area contributed by atoms with Crippen LogP contribution in [0.1, 0.15) is 11.3 Å². The lowest BCUT2D eigenvalue weighted by Gasteiger charge is -2.11. The summed E-state index contributed by atoms with van der Waals surface area (Å²) < 4.78 is 29.5. The number of benzene rings is 2. The van der Waals surface area contributed by atoms with E-state index in [1.54, 1.807) is 18.2 Å². The van der Waals surface area contributed by atoms with Crippen molar-refractivity contribution >= 4 is 21.6 Å². The highest BCUT2D eigenvalue weighted by Gasteiger charge is 2.17. The molecule has 0 fully saturated rings. The van der Waals surface area contributed by atoms with Crippen molar-refractivity contribution in [2.45, 2.75) is 18.0 Å². The first-order valence-corrected chi connectivity index (χ1v) is 9.34. The minimum atomic E-state index is -3.65. The van der Waals surface area contributed by atoms with Crippen molar-refractivity contribution in [1.82, 2.24) is 9.29 Å². The molecule has 0 bridgehead atoms. The third kappa shape index (κ3) is 3.87. The van der Waals surface area contributed by atoms with Crippen molar-refractivity contribution in [3.8, 4) is 0 Å². The number of halogens is 1. The van der Waals surface area contributed by atoms with E-state index in [2.05, 4.69) is 4.72 Å². The van der Waals surface area contributed by atoms with Crippen molar-refractivity contribution < 1.29 is 8.42 Å². The van der Waals surface area contributed by atoms with Crippen molar-refractivity contribution in [2.75, 3.05) is 0 Å². The molecule has 0 amide bonds. The number of aromatic nitrogens is 1. The molecule has 0 aliphatic heterocycles. The Morgan fingerprint density at radius 2 is 1.62 bits per heavy atom. The van der Waals surface area contributed by atoms with Gasteiger partial charge in [0.05, 0.1) is 11.6 Å². The van der Waals surface area contributed by atoms with E-state index in [-0.39, 0.29) is 16.5 Å². The molecule has 0 saturated carbocycles. The van der Waals surface area contributed by atoms with Crippen LogP contribution >= 0.6 is 11.6 Å². The molecule has 0 radical (unpaired) electrons. The van der Waals surface area contributed by atoms with Gasteiger partial charge in [-0.15, -0.1) is 0 Å². The summed E-state index contributed by atoms with van der Waals surface area (Å²) in [6.07, 6.45) is 1.94. The van der Waals surface area contributed by atoms with Gasteiger partial charge in [-0.05, 0) is 29.8 Å². The SMILES string of the molecule is O=S(=O)(NCc1cccn1Cc1ccccc1)c1ccccc1Cl. The van der Waals surface area contributed by atoms with Crippen LogP contribution in [0.2, 0.25) is 5.02 Å². The quantitative estimate of drug-likeness (QED) is 0.729. The first-order chi connectivity index (χ1) is 11.6. The molecule has 1 heterocycles. The number of nitrogens with zero attached hydrogens (tertiary/aromatic N) is 1. The number of hydrogen-bond donors (Lipinski definition) is 1. The third-order valence-corrected chi connectivity index (χ3v) is 5.59. The van der Waals surface area contributed by atoms with Gasteiger partial charge in [0.15, 0.2) is 0 Å². The summed E-state index contributed by atoms with van der Waals surface area (Å²) in [5.41, 5.74) is 2.04. The molecule has 3 aromatic rings. The highest BCUT2D eigenvalue weighted by molar-refractivity contribution is 7.89. The molecule has 4 nitrogen and oxygen atoms in total. The second-order valence-corrected chi connectivity index (χ2v) is 7.51. The Morgan fingerprint density at radius 3 is 2.38 bits per heavy atom. The van der Waals surface area contributed by atoms with E-state index >= 15 is 0 Å². The van der Waals surface area contributed by atoms with Gasteiger partial charge in [0.25, 0.3) is 0 Å². The van der Waals surface area contributed by atoms with Crippen LogP contribution < -0.4 is 4.72 Å². The fraction of sp³-hybridized carbons (Fsp3) is 0.111. The monoisotopic (exact) mass is 360 g/mol. The Hall–Kier alpha value is -2.08. The van der Waals surface area contributed by atoms with Crippen molar-refractivity contribution in [1.29, 1.82) is 0 Å². The molecule has 124 valence electrons. The summed E-state index contributed by atoms with van der Waals surface area (Å²) >= 11 is 5.98. The van der Waals surface area contributed by atoms with E-state index in [1.165, 1.54) is 6.07 Å². The summed E-state index contributed by atoms with van der Waals surface area (Å²) in [4.78, 5) is 0.0906. The Balaban J connectivity index is 1.74. The van der Waals surface area contributed by atoms with Crippen molar-refractivity contribution in [3.05, 3.63) is 89.2 Å². The minimum Gasteiger partial charge on any atom is -0.346 e. The van der Waals surface area contributed by atoms with Gasteiger partial charge in [0, 0.05) is 18.4 Å². The van der Waals surface area contributed by atoms with E-state index in [4.69, 9.17) is 11.6 Å². The summed E-state index contributed by atoms with van der Waals surface area (Å²) in [7, 11) is -3.65. The Bertz CT molecular complexity index is 921. The van der Waals surface area contributed by atoms with E-state index < -0.39 is 10.0 Å². The van der Waals surface area contributed by atoms with Gasteiger partial charge in [0.2, 0.25) is 10.0 Å². The van der Waals surface area contributed by atoms with Gasteiger partial charge in [-0.3, -0.25) is 0 Å². The van der Waals surface area contributed by atoms with Crippen LogP contribution in [0, 0.1) is 0 Å². The Labute approximate surface area is 146 Å². The largest absolute Gasteiger partial charge is 0.346 e. The van der Waals surface area contributed by atoms with Gasteiger partial charge < -0.3 is 4.57 Å². The molecule has 0 unspecified atom stereocenters. The van der Waals surface area contributed by atoms with E-state index in [9.17, 15) is 8.42 Å². The molecule has 1 N–H and O–H groups in total. The molecule has 0 aliphatic rings. The first kappa shape index (κ1) is 16.8. The zero-order chi connectivity index (χ0) is 17.0. The van der Waals surface area contributed by atoms with Crippen LogP contribution in [-0.2, 0) is 23.1 Å². The van der Waals surface area contributed by atoms with Crippen LogP contribution in [0.15, 0.2) is 77.8 Å². The maximum atomic E-state index is 12.4. The molecule has 1 aromatic heterocycles. The van der Waals surface area contributed by atoms with Crippen LogP contribution in [0.5, 0.6) is 0 Å². The second kappa shape index (κ2) is 7.21. The lowest BCUT2D eigenvalue weighted by molar-refractivity contribution is 0.578. The zero-order valence-electron chi connectivity index (χ0n) is 12.9. The number of rotatable bonds is 6. The predicted octanol–water partition coefficient (Wildman–Crippen LogP) is 3.67. The normalized spacial score (nSPS) is 11.5. The summed E-state index contributed by atoms with van der Waals surface area (Å²) in [5, 5.41) is 0.213.